The molecular formula is C28H27F3. The molecule has 160 valence electrons. The molecule has 4 rings (SSSR count). The Labute approximate surface area is 182 Å². The van der Waals surface area contributed by atoms with Crippen molar-refractivity contribution in [1.29, 1.82) is 0 Å². The highest BCUT2D eigenvalue weighted by atomic mass is 19.1. The lowest BCUT2D eigenvalue weighted by Gasteiger charge is -2.27. The lowest BCUT2D eigenvalue weighted by molar-refractivity contribution is 0.258. The Bertz CT molecular complexity index is 1100. The molecule has 0 aliphatic heterocycles. The Morgan fingerprint density at radius 2 is 1.42 bits per heavy atom. The van der Waals surface area contributed by atoms with E-state index in [0.29, 0.717) is 23.5 Å². The van der Waals surface area contributed by atoms with Crippen molar-refractivity contribution < 1.29 is 13.2 Å². The first-order valence-electron chi connectivity index (χ1n) is 11.2. The summed E-state index contributed by atoms with van der Waals surface area (Å²) in [6, 6.07) is 12.6. The van der Waals surface area contributed by atoms with Gasteiger partial charge in [0, 0.05) is 5.56 Å². The molecule has 0 bridgehead atoms. The Kier molecular flexibility index (Phi) is 6.66. The fraction of sp³-hybridized carbons (Fsp3) is 0.357. The Morgan fingerprint density at radius 3 is 2.13 bits per heavy atom. The van der Waals surface area contributed by atoms with Crippen molar-refractivity contribution in [2.75, 3.05) is 0 Å². The van der Waals surface area contributed by atoms with E-state index in [1.807, 2.05) is 0 Å². The van der Waals surface area contributed by atoms with Gasteiger partial charge in [0.25, 0.3) is 0 Å². The summed E-state index contributed by atoms with van der Waals surface area (Å²) in [5, 5.41) is 1.59. The van der Waals surface area contributed by atoms with Crippen molar-refractivity contribution in [1.82, 2.24) is 0 Å². The zero-order valence-electron chi connectivity index (χ0n) is 17.9. The maximum atomic E-state index is 14.6. The minimum atomic E-state index is -0.611. The van der Waals surface area contributed by atoms with Crippen LogP contribution in [0.25, 0.3) is 10.8 Å². The standard InChI is InChI=1S/C28H27F3/c1-2-19-3-5-20(6-4-19)7-8-22-16-27(30)26(28(31)17-22)14-10-21-9-11-24-18-25(29)13-12-23(24)15-21/h9,11-13,15-20H,2-8H2,1H3. The Balaban J connectivity index is 1.45. The van der Waals surface area contributed by atoms with Crippen LogP contribution in [0.3, 0.4) is 0 Å². The van der Waals surface area contributed by atoms with E-state index >= 15 is 0 Å². The second kappa shape index (κ2) is 9.60. The summed E-state index contributed by atoms with van der Waals surface area (Å²) < 4.78 is 42.5. The Hall–Kier alpha value is -2.73. The van der Waals surface area contributed by atoms with Gasteiger partial charge in [0.05, 0.1) is 5.56 Å². The monoisotopic (exact) mass is 420 g/mol. The smallest absolute Gasteiger partial charge is 0.142 e. The normalized spacial score (nSPS) is 18.6. The molecule has 3 heteroatoms. The van der Waals surface area contributed by atoms with Crippen LogP contribution in [-0.4, -0.2) is 0 Å². The van der Waals surface area contributed by atoms with E-state index in [1.54, 1.807) is 24.3 Å². The van der Waals surface area contributed by atoms with E-state index in [1.165, 1.54) is 56.4 Å². The van der Waals surface area contributed by atoms with Crippen molar-refractivity contribution >= 4 is 10.8 Å². The molecule has 3 aromatic carbocycles. The molecule has 1 aliphatic rings. The number of hydrogen-bond acceptors (Lipinski definition) is 0. The molecule has 1 saturated carbocycles. The molecule has 0 nitrogen and oxygen atoms in total. The van der Waals surface area contributed by atoms with E-state index in [-0.39, 0.29) is 11.4 Å². The molecule has 0 unspecified atom stereocenters. The lowest BCUT2D eigenvalue weighted by Crippen LogP contribution is -2.14. The molecule has 1 fully saturated rings. The Morgan fingerprint density at radius 1 is 0.774 bits per heavy atom. The maximum Gasteiger partial charge on any atom is 0.142 e. The molecule has 1 aliphatic carbocycles. The van der Waals surface area contributed by atoms with Gasteiger partial charge in [-0.15, -0.1) is 0 Å². The zero-order valence-corrected chi connectivity index (χ0v) is 17.9. The van der Waals surface area contributed by atoms with Crippen LogP contribution in [0.2, 0.25) is 0 Å². The van der Waals surface area contributed by atoms with E-state index in [9.17, 15) is 13.2 Å². The number of benzene rings is 3. The molecule has 3 aromatic rings. The average Bonchev–Trinajstić information content (AvgIpc) is 2.77. The molecule has 0 spiro atoms. The number of aryl methyl sites for hydroxylation is 1. The van der Waals surface area contributed by atoms with Gasteiger partial charge in [-0.25, -0.2) is 13.2 Å². The predicted molar refractivity (Wildman–Crippen MR) is 120 cm³/mol. The second-order valence-electron chi connectivity index (χ2n) is 8.72. The third kappa shape index (κ3) is 5.31. The third-order valence-electron chi connectivity index (χ3n) is 6.62. The summed E-state index contributed by atoms with van der Waals surface area (Å²) in [4.78, 5) is 0. The molecule has 0 atom stereocenters. The van der Waals surface area contributed by atoms with Gasteiger partial charge in [-0.3, -0.25) is 0 Å². The quantitative estimate of drug-likeness (QED) is 0.378. The molecule has 0 N–H and O–H groups in total. The average molecular weight is 421 g/mol. The summed E-state index contributed by atoms with van der Waals surface area (Å²) in [5.74, 6) is 5.47. The summed E-state index contributed by atoms with van der Waals surface area (Å²) in [7, 11) is 0. The highest BCUT2D eigenvalue weighted by molar-refractivity contribution is 5.84. The number of rotatable bonds is 4. The van der Waals surface area contributed by atoms with Crippen LogP contribution in [0, 0.1) is 41.1 Å². The molecule has 0 radical (unpaired) electrons. The zero-order chi connectivity index (χ0) is 21.8. The summed E-state index contributed by atoms with van der Waals surface area (Å²) in [5.41, 5.74) is 1.13. The second-order valence-corrected chi connectivity index (χ2v) is 8.72. The van der Waals surface area contributed by atoms with Crippen LogP contribution < -0.4 is 0 Å². The van der Waals surface area contributed by atoms with Crippen molar-refractivity contribution in [3.05, 3.63) is 82.7 Å². The van der Waals surface area contributed by atoms with Crippen molar-refractivity contribution in [2.24, 2.45) is 11.8 Å². The SMILES string of the molecule is CCC1CCC(CCc2cc(F)c(C#Cc3ccc4cc(F)ccc4c3)c(F)c2)CC1. The van der Waals surface area contributed by atoms with E-state index in [0.717, 1.165) is 23.1 Å². The van der Waals surface area contributed by atoms with Gasteiger partial charge in [0.1, 0.15) is 17.5 Å². The van der Waals surface area contributed by atoms with E-state index < -0.39 is 11.6 Å². The molecule has 0 heterocycles. The summed E-state index contributed by atoms with van der Waals surface area (Å²) >= 11 is 0. The maximum absolute atomic E-state index is 14.6. The van der Waals surface area contributed by atoms with Gasteiger partial charge in [-0.05, 0) is 77.4 Å². The van der Waals surface area contributed by atoms with Crippen LogP contribution >= 0.6 is 0 Å². The van der Waals surface area contributed by atoms with Gasteiger partial charge < -0.3 is 0 Å². The number of halogens is 3. The van der Waals surface area contributed by atoms with Gasteiger partial charge in [0.2, 0.25) is 0 Å². The molecular weight excluding hydrogens is 393 g/mol. The molecule has 0 aromatic heterocycles. The first-order valence-corrected chi connectivity index (χ1v) is 11.2. The van der Waals surface area contributed by atoms with Gasteiger partial charge in [0.15, 0.2) is 0 Å². The molecule has 0 amide bonds. The minimum absolute atomic E-state index is 0.202. The first-order chi connectivity index (χ1) is 15.0. The lowest BCUT2D eigenvalue weighted by atomic mass is 9.78. The van der Waals surface area contributed by atoms with Crippen molar-refractivity contribution in [2.45, 2.75) is 51.9 Å². The van der Waals surface area contributed by atoms with Crippen LogP contribution in [0.15, 0.2) is 48.5 Å². The van der Waals surface area contributed by atoms with Gasteiger partial charge in [-0.2, -0.15) is 0 Å². The van der Waals surface area contributed by atoms with Gasteiger partial charge >= 0.3 is 0 Å². The molecule has 0 saturated heterocycles. The van der Waals surface area contributed by atoms with Gasteiger partial charge in [-0.1, -0.05) is 63.0 Å². The first kappa shape index (κ1) is 21.5. The molecule has 31 heavy (non-hydrogen) atoms. The van der Waals surface area contributed by atoms with Crippen LogP contribution in [0.4, 0.5) is 13.2 Å². The minimum Gasteiger partial charge on any atom is -0.207 e. The highest BCUT2D eigenvalue weighted by Gasteiger charge is 2.20. The fourth-order valence-corrected chi connectivity index (χ4v) is 4.62. The van der Waals surface area contributed by atoms with Crippen LogP contribution in [0.5, 0.6) is 0 Å². The van der Waals surface area contributed by atoms with Crippen LogP contribution in [0.1, 0.15) is 62.1 Å². The van der Waals surface area contributed by atoms with E-state index in [4.69, 9.17) is 0 Å². The highest BCUT2D eigenvalue weighted by Crippen LogP contribution is 2.33. The largest absolute Gasteiger partial charge is 0.207 e. The van der Waals surface area contributed by atoms with Crippen molar-refractivity contribution in [3.8, 4) is 11.8 Å². The predicted octanol–water partition coefficient (Wildman–Crippen LogP) is 7.81. The summed E-state index contributed by atoms with van der Waals surface area (Å²) in [6.45, 7) is 2.25. The topological polar surface area (TPSA) is 0 Å². The van der Waals surface area contributed by atoms with Crippen LogP contribution in [-0.2, 0) is 6.42 Å². The van der Waals surface area contributed by atoms with E-state index in [2.05, 4.69) is 18.8 Å². The fourth-order valence-electron chi connectivity index (χ4n) is 4.62. The number of hydrogen-bond donors (Lipinski definition) is 0. The third-order valence-corrected chi connectivity index (χ3v) is 6.62. The number of fused-ring (bicyclic) bond motifs is 1. The summed E-state index contributed by atoms with van der Waals surface area (Å²) in [6.07, 6.45) is 7.95. The van der Waals surface area contributed by atoms with Crippen molar-refractivity contribution in [3.63, 3.8) is 0 Å².